The number of aromatic nitrogens is 1. The molecule has 6 nitrogen and oxygen atoms in total. The fourth-order valence-corrected chi connectivity index (χ4v) is 1.10. The molecule has 0 unspecified atom stereocenters. The molecule has 0 aliphatic rings. The highest BCUT2D eigenvalue weighted by Crippen LogP contribution is 1.91. The molecule has 0 saturated heterocycles. The smallest absolute Gasteiger partial charge is 0.309 e. The van der Waals surface area contributed by atoms with E-state index in [2.05, 4.69) is 15.6 Å². The fourth-order valence-electron chi connectivity index (χ4n) is 1.10. The molecule has 0 aromatic carbocycles. The number of carbonyl (C=O) groups excluding carboxylic acids is 2. The van der Waals surface area contributed by atoms with Crippen molar-refractivity contribution in [3.05, 3.63) is 30.1 Å². The van der Waals surface area contributed by atoms with E-state index >= 15 is 0 Å². The molecule has 2 amide bonds. The van der Waals surface area contributed by atoms with E-state index in [4.69, 9.17) is 4.74 Å². The first kappa shape index (κ1) is 13.1. The van der Waals surface area contributed by atoms with Crippen LogP contribution in [0.3, 0.4) is 0 Å². The molecule has 1 heterocycles. The molecule has 0 aliphatic heterocycles. The van der Waals surface area contributed by atoms with Crippen LogP contribution in [0.4, 0.5) is 0 Å². The van der Waals surface area contributed by atoms with Crippen LogP contribution >= 0.6 is 0 Å². The van der Waals surface area contributed by atoms with Gasteiger partial charge in [-0.3, -0.25) is 14.6 Å². The van der Waals surface area contributed by atoms with E-state index in [9.17, 15) is 9.59 Å². The van der Waals surface area contributed by atoms with E-state index in [1.807, 2.05) is 6.07 Å². The number of nitrogens with one attached hydrogen (secondary N) is 2. The second-order valence-electron chi connectivity index (χ2n) is 3.25. The summed E-state index contributed by atoms with van der Waals surface area (Å²) in [5.41, 5.74) is 0.700. The Morgan fingerprint density at radius 1 is 1.29 bits per heavy atom. The lowest BCUT2D eigenvalue weighted by Gasteiger charge is -2.05. The summed E-state index contributed by atoms with van der Waals surface area (Å²) in [6.07, 6.45) is 1.63. The van der Waals surface area contributed by atoms with Crippen LogP contribution in [-0.4, -0.2) is 37.1 Å². The number of nitrogens with zero attached hydrogens (tertiary/aromatic N) is 1. The van der Waals surface area contributed by atoms with Crippen LogP contribution in [0, 0.1) is 0 Å². The van der Waals surface area contributed by atoms with Gasteiger partial charge in [-0.15, -0.1) is 0 Å². The predicted octanol–water partition coefficient (Wildman–Crippen LogP) is -0.540. The van der Waals surface area contributed by atoms with Crippen LogP contribution in [0.15, 0.2) is 24.4 Å². The number of hydrogen-bond acceptors (Lipinski definition) is 4. The van der Waals surface area contributed by atoms with Crippen LogP contribution < -0.4 is 10.6 Å². The lowest BCUT2D eigenvalue weighted by molar-refractivity contribution is -0.139. The maximum absolute atomic E-state index is 11.3. The summed E-state index contributed by atoms with van der Waals surface area (Å²) in [5.74, 6) is -1.34. The zero-order chi connectivity index (χ0) is 12.5. The van der Waals surface area contributed by atoms with Crippen molar-refractivity contribution in [3.8, 4) is 0 Å². The highest BCUT2D eigenvalue weighted by molar-refractivity contribution is 6.35. The molecule has 0 atom stereocenters. The van der Waals surface area contributed by atoms with Gasteiger partial charge in [0.15, 0.2) is 0 Å². The Morgan fingerprint density at radius 2 is 2.06 bits per heavy atom. The van der Waals surface area contributed by atoms with Gasteiger partial charge in [0.2, 0.25) is 0 Å². The fraction of sp³-hybridized carbons (Fsp3) is 0.364. The van der Waals surface area contributed by atoms with Crippen molar-refractivity contribution < 1.29 is 14.3 Å². The lowest BCUT2D eigenvalue weighted by atomic mass is 10.3. The summed E-state index contributed by atoms with van der Waals surface area (Å²) in [6.45, 7) is 0.920. The largest absolute Gasteiger partial charge is 0.383 e. The molecule has 0 spiro atoms. The molecule has 17 heavy (non-hydrogen) atoms. The Labute approximate surface area is 99.4 Å². The number of amides is 2. The van der Waals surface area contributed by atoms with Crippen LogP contribution in [-0.2, 0) is 20.9 Å². The average molecular weight is 237 g/mol. The van der Waals surface area contributed by atoms with Gasteiger partial charge in [0.25, 0.3) is 0 Å². The molecule has 0 saturated carbocycles. The number of methoxy groups -OCH3 is 1. The van der Waals surface area contributed by atoms with Crippen LogP contribution in [0.1, 0.15) is 5.69 Å². The Kier molecular flexibility index (Phi) is 5.67. The summed E-state index contributed by atoms with van der Waals surface area (Å²) < 4.78 is 4.74. The van der Waals surface area contributed by atoms with Crippen LogP contribution in [0.2, 0.25) is 0 Å². The van der Waals surface area contributed by atoms with Gasteiger partial charge in [0.1, 0.15) is 0 Å². The Hall–Kier alpha value is -1.95. The second-order valence-corrected chi connectivity index (χ2v) is 3.25. The summed E-state index contributed by atoms with van der Waals surface area (Å²) in [6, 6.07) is 5.36. The number of ether oxygens (including phenoxy) is 1. The molecule has 1 aromatic rings. The summed E-state index contributed by atoms with van der Waals surface area (Å²) in [7, 11) is 1.52. The minimum atomic E-state index is -0.674. The SMILES string of the molecule is COCCNC(=O)C(=O)NCc1ccccn1. The summed E-state index contributed by atoms with van der Waals surface area (Å²) in [5, 5.41) is 4.89. The van der Waals surface area contributed by atoms with Gasteiger partial charge in [-0.1, -0.05) is 6.07 Å². The van der Waals surface area contributed by atoms with Gasteiger partial charge in [-0.05, 0) is 12.1 Å². The van der Waals surface area contributed by atoms with Crippen LogP contribution in [0.5, 0.6) is 0 Å². The third-order valence-electron chi connectivity index (χ3n) is 1.95. The highest BCUT2D eigenvalue weighted by Gasteiger charge is 2.11. The van der Waals surface area contributed by atoms with Gasteiger partial charge in [0.05, 0.1) is 18.8 Å². The number of carbonyl (C=O) groups is 2. The monoisotopic (exact) mass is 237 g/mol. The quantitative estimate of drug-likeness (QED) is 0.532. The number of rotatable bonds is 5. The van der Waals surface area contributed by atoms with E-state index in [1.54, 1.807) is 18.3 Å². The van der Waals surface area contributed by atoms with Gasteiger partial charge in [-0.25, -0.2) is 0 Å². The van der Waals surface area contributed by atoms with Crippen molar-refractivity contribution in [2.45, 2.75) is 6.54 Å². The maximum Gasteiger partial charge on any atom is 0.309 e. The highest BCUT2D eigenvalue weighted by atomic mass is 16.5. The average Bonchev–Trinajstić information content (AvgIpc) is 2.37. The number of hydrogen-bond donors (Lipinski definition) is 2. The predicted molar refractivity (Wildman–Crippen MR) is 61.0 cm³/mol. The molecule has 6 heteroatoms. The topological polar surface area (TPSA) is 80.3 Å². The van der Waals surface area contributed by atoms with Crippen molar-refractivity contribution in [1.82, 2.24) is 15.6 Å². The minimum absolute atomic E-state index is 0.234. The molecule has 0 bridgehead atoms. The molecule has 2 N–H and O–H groups in total. The molecule has 92 valence electrons. The minimum Gasteiger partial charge on any atom is -0.383 e. The standard InChI is InChI=1S/C11H15N3O3/c1-17-7-6-13-10(15)11(16)14-8-9-4-2-3-5-12-9/h2-5H,6-8H2,1H3,(H,13,15)(H,14,16). The van der Waals surface area contributed by atoms with Crippen molar-refractivity contribution >= 4 is 11.8 Å². The van der Waals surface area contributed by atoms with E-state index in [0.29, 0.717) is 18.8 Å². The van der Waals surface area contributed by atoms with Crippen LogP contribution in [0.25, 0.3) is 0 Å². The van der Waals surface area contributed by atoms with Crippen molar-refractivity contribution in [3.63, 3.8) is 0 Å². The van der Waals surface area contributed by atoms with Crippen molar-refractivity contribution in [1.29, 1.82) is 0 Å². The van der Waals surface area contributed by atoms with Gasteiger partial charge >= 0.3 is 11.8 Å². The molecular weight excluding hydrogens is 222 g/mol. The van der Waals surface area contributed by atoms with Crippen molar-refractivity contribution in [2.24, 2.45) is 0 Å². The third kappa shape index (κ3) is 5.07. The molecule has 0 aliphatic carbocycles. The first-order valence-electron chi connectivity index (χ1n) is 5.19. The molecular formula is C11H15N3O3. The molecule has 1 rings (SSSR count). The summed E-state index contributed by atoms with van der Waals surface area (Å²) >= 11 is 0. The molecule has 0 fully saturated rings. The molecule has 1 aromatic heterocycles. The zero-order valence-electron chi connectivity index (χ0n) is 9.60. The van der Waals surface area contributed by atoms with E-state index in [1.165, 1.54) is 7.11 Å². The first-order chi connectivity index (χ1) is 8.24. The van der Waals surface area contributed by atoms with Crippen molar-refractivity contribution in [2.75, 3.05) is 20.3 Å². The maximum atomic E-state index is 11.3. The second kappa shape index (κ2) is 7.34. The van der Waals surface area contributed by atoms with Gasteiger partial charge < -0.3 is 15.4 Å². The zero-order valence-corrected chi connectivity index (χ0v) is 9.60. The first-order valence-corrected chi connectivity index (χ1v) is 5.19. The van der Waals surface area contributed by atoms with Gasteiger partial charge in [0, 0.05) is 19.9 Å². The molecule has 0 radical (unpaired) electrons. The van der Waals surface area contributed by atoms with E-state index in [0.717, 1.165) is 0 Å². The Bertz CT molecular complexity index is 367. The lowest BCUT2D eigenvalue weighted by Crippen LogP contribution is -2.40. The van der Waals surface area contributed by atoms with E-state index < -0.39 is 11.8 Å². The van der Waals surface area contributed by atoms with E-state index in [-0.39, 0.29) is 6.54 Å². The third-order valence-corrected chi connectivity index (χ3v) is 1.95. The Balaban J connectivity index is 2.27. The number of pyridine rings is 1. The normalized spacial score (nSPS) is 9.71. The Morgan fingerprint density at radius 3 is 2.71 bits per heavy atom. The summed E-state index contributed by atoms with van der Waals surface area (Å²) in [4.78, 5) is 26.6. The van der Waals surface area contributed by atoms with Gasteiger partial charge in [-0.2, -0.15) is 0 Å².